The van der Waals surface area contributed by atoms with Crippen LogP contribution in [0.25, 0.3) is 0 Å². The molecule has 4 atom stereocenters. The fourth-order valence-electron chi connectivity index (χ4n) is 5.41. The Balaban J connectivity index is 1.59. The Morgan fingerprint density at radius 3 is 2.36 bits per heavy atom. The molecule has 0 radical (unpaired) electrons. The number of amides is 4. The molecule has 1 aromatic rings. The van der Waals surface area contributed by atoms with Gasteiger partial charge in [0.05, 0.1) is 18.3 Å². The van der Waals surface area contributed by atoms with Crippen LogP contribution in [0.5, 0.6) is 0 Å². The summed E-state index contributed by atoms with van der Waals surface area (Å²) < 4.78 is 13.5. The fraction of sp³-hybridized carbons (Fsp3) is 0.600. The molecule has 4 rings (SSSR count). The molecule has 2 fully saturated rings. The standard InChI is InChI=1S/C30H40FN5O6/c1-6-7-21(24(38)27(40)33-20-12-13-20)34-26(39)23-15-30(14-22(35-42-30)18-8-10-19(31)11-9-18)16-36(23)28(41)25(29(3,4)5)32-17(2)37/h8-11,20-21,23,25H,6-7,12-16H2,1-5H3,(H,32,37)(H,33,40)(H,34,39)/t21-,23-,25+,30+/m0/s1. The number of carbonyl (C=O) groups excluding carboxylic acids is 5. The van der Waals surface area contributed by atoms with Gasteiger partial charge < -0.3 is 25.7 Å². The van der Waals surface area contributed by atoms with Crippen LogP contribution in [0.1, 0.15) is 78.7 Å². The molecule has 4 amide bonds. The third-order valence-corrected chi connectivity index (χ3v) is 7.81. The number of likely N-dealkylation sites (tertiary alicyclic amines) is 1. The first-order valence-electron chi connectivity index (χ1n) is 14.5. The molecule has 1 aliphatic carbocycles. The van der Waals surface area contributed by atoms with Gasteiger partial charge in [-0.2, -0.15) is 0 Å². The van der Waals surface area contributed by atoms with Crippen LogP contribution in [0.4, 0.5) is 4.39 Å². The Bertz CT molecular complexity index is 1270. The number of Topliss-reactive ketones (excluding diaryl/α,β-unsaturated/α-hetero) is 1. The predicted molar refractivity (Wildman–Crippen MR) is 152 cm³/mol. The fourth-order valence-corrected chi connectivity index (χ4v) is 5.41. The second-order valence-electron chi connectivity index (χ2n) is 12.6. The lowest BCUT2D eigenvalue weighted by molar-refractivity contribution is -0.145. The van der Waals surface area contributed by atoms with E-state index < -0.39 is 64.4 Å². The van der Waals surface area contributed by atoms with Gasteiger partial charge in [-0.3, -0.25) is 24.0 Å². The van der Waals surface area contributed by atoms with E-state index in [1.165, 1.54) is 24.0 Å². The van der Waals surface area contributed by atoms with Crippen LogP contribution in [-0.4, -0.2) is 76.3 Å². The minimum absolute atomic E-state index is 0.00115. The molecule has 42 heavy (non-hydrogen) atoms. The van der Waals surface area contributed by atoms with E-state index in [9.17, 15) is 28.4 Å². The molecule has 228 valence electrons. The Labute approximate surface area is 245 Å². The van der Waals surface area contributed by atoms with Crippen LogP contribution in [0.3, 0.4) is 0 Å². The lowest BCUT2D eigenvalue weighted by atomic mass is 9.85. The van der Waals surface area contributed by atoms with Gasteiger partial charge in [-0.15, -0.1) is 0 Å². The number of hydrogen-bond acceptors (Lipinski definition) is 7. The molecule has 2 heterocycles. The van der Waals surface area contributed by atoms with E-state index >= 15 is 0 Å². The van der Waals surface area contributed by atoms with Gasteiger partial charge in [0, 0.05) is 25.8 Å². The molecular weight excluding hydrogens is 545 g/mol. The highest BCUT2D eigenvalue weighted by Crippen LogP contribution is 2.40. The van der Waals surface area contributed by atoms with Crippen molar-refractivity contribution in [1.29, 1.82) is 0 Å². The monoisotopic (exact) mass is 585 g/mol. The van der Waals surface area contributed by atoms with E-state index in [0.717, 1.165) is 12.8 Å². The van der Waals surface area contributed by atoms with Gasteiger partial charge in [0.1, 0.15) is 17.9 Å². The summed E-state index contributed by atoms with van der Waals surface area (Å²) in [5, 5.41) is 12.3. The molecule has 3 N–H and O–H groups in total. The topological polar surface area (TPSA) is 146 Å². The van der Waals surface area contributed by atoms with Gasteiger partial charge in [-0.25, -0.2) is 4.39 Å². The third-order valence-electron chi connectivity index (χ3n) is 7.81. The number of halogens is 1. The normalized spacial score (nSPS) is 23.0. The summed E-state index contributed by atoms with van der Waals surface area (Å²) >= 11 is 0. The number of ketones is 1. The molecule has 0 bridgehead atoms. The van der Waals surface area contributed by atoms with Crippen molar-refractivity contribution in [2.24, 2.45) is 10.6 Å². The molecule has 1 saturated carbocycles. The van der Waals surface area contributed by atoms with Crippen molar-refractivity contribution in [1.82, 2.24) is 20.9 Å². The highest BCUT2D eigenvalue weighted by atomic mass is 19.1. The van der Waals surface area contributed by atoms with E-state index in [1.54, 1.807) is 12.1 Å². The number of hydrogen-bond donors (Lipinski definition) is 3. The summed E-state index contributed by atoms with van der Waals surface area (Å²) in [6.45, 7) is 8.58. The largest absolute Gasteiger partial charge is 0.387 e. The number of benzene rings is 1. The van der Waals surface area contributed by atoms with Crippen molar-refractivity contribution in [3.63, 3.8) is 0 Å². The van der Waals surface area contributed by atoms with Crippen LogP contribution >= 0.6 is 0 Å². The van der Waals surface area contributed by atoms with Crippen molar-refractivity contribution in [3.8, 4) is 0 Å². The summed E-state index contributed by atoms with van der Waals surface area (Å²) in [5.41, 5.74) is -0.533. The minimum atomic E-state index is -1.06. The molecule has 3 aliphatic rings. The lowest BCUT2D eigenvalue weighted by Crippen LogP contribution is -2.59. The number of nitrogens with zero attached hydrogens (tertiary/aromatic N) is 2. The van der Waals surface area contributed by atoms with Gasteiger partial charge in [0.15, 0.2) is 5.60 Å². The Morgan fingerprint density at radius 1 is 1.12 bits per heavy atom. The first-order valence-corrected chi connectivity index (χ1v) is 14.5. The Kier molecular flexibility index (Phi) is 9.03. The van der Waals surface area contributed by atoms with Gasteiger partial charge in [-0.1, -0.05) is 51.4 Å². The van der Waals surface area contributed by atoms with E-state index in [1.807, 2.05) is 27.7 Å². The predicted octanol–water partition coefficient (Wildman–Crippen LogP) is 1.97. The lowest BCUT2D eigenvalue weighted by Gasteiger charge is -2.35. The zero-order valence-corrected chi connectivity index (χ0v) is 24.8. The second-order valence-corrected chi connectivity index (χ2v) is 12.6. The number of rotatable bonds is 10. The van der Waals surface area contributed by atoms with Crippen LogP contribution in [0, 0.1) is 11.2 Å². The quantitative estimate of drug-likeness (QED) is 0.358. The zero-order valence-electron chi connectivity index (χ0n) is 24.8. The van der Waals surface area contributed by atoms with Crippen molar-refractivity contribution in [2.45, 2.75) is 103 Å². The first-order chi connectivity index (χ1) is 19.7. The molecule has 0 aromatic heterocycles. The minimum Gasteiger partial charge on any atom is -0.387 e. The number of oxime groups is 1. The third kappa shape index (κ3) is 7.14. The number of nitrogens with one attached hydrogen (secondary N) is 3. The zero-order chi connectivity index (χ0) is 30.8. The smallest absolute Gasteiger partial charge is 0.289 e. The summed E-state index contributed by atoms with van der Waals surface area (Å²) in [4.78, 5) is 72.6. The van der Waals surface area contributed by atoms with Crippen LogP contribution < -0.4 is 16.0 Å². The van der Waals surface area contributed by atoms with E-state index in [4.69, 9.17) is 4.84 Å². The summed E-state index contributed by atoms with van der Waals surface area (Å²) in [7, 11) is 0. The van der Waals surface area contributed by atoms with Crippen molar-refractivity contribution in [3.05, 3.63) is 35.6 Å². The molecule has 1 spiro atoms. The van der Waals surface area contributed by atoms with Crippen LogP contribution in [0.15, 0.2) is 29.4 Å². The number of carbonyl (C=O) groups is 5. The highest BCUT2D eigenvalue weighted by Gasteiger charge is 2.55. The Morgan fingerprint density at radius 2 is 1.79 bits per heavy atom. The molecule has 12 heteroatoms. The van der Waals surface area contributed by atoms with E-state index in [2.05, 4.69) is 21.1 Å². The van der Waals surface area contributed by atoms with Crippen molar-refractivity contribution < 1.29 is 33.2 Å². The molecular formula is C30H40FN5O6. The second kappa shape index (κ2) is 12.2. The summed E-state index contributed by atoms with van der Waals surface area (Å²) in [5.74, 6) is -3.32. The Hall–Kier alpha value is -3.83. The maximum absolute atomic E-state index is 14.0. The van der Waals surface area contributed by atoms with Gasteiger partial charge in [0.2, 0.25) is 23.5 Å². The molecule has 1 saturated heterocycles. The van der Waals surface area contributed by atoms with Crippen molar-refractivity contribution in [2.75, 3.05) is 6.54 Å². The SMILES string of the molecule is CCC[C@H](NC(=O)[C@@H]1C[C@]2(CC(c3ccc(F)cc3)=NO2)CN1C(=O)[C@@H](NC(C)=O)C(C)(C)C)C(=O)C(=O)NC1CC1. The van der Waals surface area contributed by atoms with Gasteiger partial charge in [-0.05, 0) is 42.4 Å². The molecule has 1 aromatic carbocycles. The average Bonchev–Trinajstić information content (AvgIpc) is 3.52. The average molecular weight is 586 g/mol. The van der Waals surface area contributed by atoms with Crippen LogP contribution in [0.2, 0.25) is 0 Å². The summed E-state index contributed by atoms with van der Waals surface area (Å²) in [6, 6.07) is 2.72. The summed E-state index contributed by atoms with van der Waals surface area (Å²) in [6.07, 6.45) is 2.74. The maximum atomic E-state index is 14.0. The van der Waals surface area contributed by atoms with Gasteiger partial charge >= 0.3 is 0 Å². The molecule has 0 unspecified atom stereocenters. The van der Waals surface area contributed by atoms with E-state index in [-0.39, 0.29) is 31.8 Å². The van der Waals surface area contributed by atoms with E-state index in [0.29, 0.717) is 17.7 Å². The highest BCUT2D eigenvalue weighted by molar-refractivity contribution is 6.38. The maximum Gasteiger partial charge on any atom is 0.289 e. The van der Waals surface area contributed by atoms with Crippen molar-refractivity contribution >= 4 is 35.1 Å². The molecule has 11 nitrogen and oxygen atoms in total. The van der Waals surface area contributed by atoms with Crippen LogP contribution in [-0.2, 0) is 28.8 Å². The van der Waals surface area contributed by atoms with Gasteiger partial charge in [0.25, 0.3) is 5.91 Å². The molecule has 2 aliphatic heterocycles. The first kappa shape index (κ1) is 31.1.